The lowest BCUT2D eigenvalue weighted by Crippen LogP contribution is -2.00. The van der Waals surface area contributed by atoms with E-state index in [0.29, 0.717) is 12.3 Å². The Morgan fingerprint density at radius 3 is 2.70 bits per heavy atom. The van der Waals surface area contributed by atoms with Crippen molar-refractivity contribution in [1.29, 1.82) is 0 Å². The van der Waals surface area contributed by atoms with Crippen molar-refractivity contribution in [1.82, 2.24) is 0 Å². The standard InChI is InChI=1S/C15H15ClINO2/c1-9-3-4-11(7-12(9)16)18-8-10-5-13(17)15(19)14(6-10)20-2/h3-7,18-19H,8H2,1-2H3. The molecule has 106 valence electrons. The van der Waals surface area contributed by atoms with Crippen molar-refractivity contribution >= 4 is 39.9 Å². The first-order valence-electron chi connectivity index (χ1n) is 6.06. The molecule has 0 saturated carbocycles. The number of hydrogen-bond donors (Lipinski definition) is 2. The highest BCUT2D eigenvalue weighted by Crippen LogP contribution is 2.32. The fourth-order valence-electron chi connectivity index (χ4n) is 1.79. The van der Waals surface area contributed by atoms with E-state index >= 15 is 0 Å². The number of rotatable bonds is 4. The van der Waals surface area contributed by atoms with Crippen LogP contribution in [0.15, 0.2) is 30.3 Å². The van der Waals surface area contributed by atoms with Crippen molar-refractivity contribution < 1.29 is 9.84 Å². The van der Waals surface area contributed by atoms with Gasteiger partial charge in [0.1, 0.15) is 0 Å². The number of aryl methyl sites for hydroxylation is 1. The van der Waals surface area contributed by atoms with E-state index in [-0.39, 0.29) is 5.75 Å². The summed E-state index contributed by atoms with van der Waals surface area (Å²) in [7, 11) is 1.54. The third kappa shape index (κ3) is 3.49. The molecule has 3 nitrogen and oxygen atoms in total. The maximum Gasteiger partial charge on any atom is 0.171 e. The van der Waals surface area contributed by atoms with Crippen LogP contribution in [0.4, 0.5) is 5.69 Å². The average molecular weight is 404 g/mol. The van der Waals surface area contributed by atoms with E-state index in [1.807, 2.05) is 37.3 Å². The molecule has 0 aliphatic carbocycles. The van der Waals surface area contributed by atoms with E-state index in [0.717, 1.165) is 25.4 Å². The second kappa shape index (κ2) is 6.54. The van der Waals surface area contributed by atoms with Gasteiger partial charge in [-0.2, -0.15) is 0 Å². The van der Waals surface area contributed by atoms with Gasteiger partial charge in [0.15, 0.2) is 11.5 Å². The first kappa shape index (κ1) is 15.3. The SMILES string of the molecule is COc1cc(CNc2ccc(C)c(Cl)c2)cc(I)c1O. The van der Waals surface area contributed by atoms with Crippen molar-refractivity contribution in [3.05, 3.63) is 50.1 Å². The molecule has 0 aliphatic heterocycles. The maximum absolute atomic E-state index is 9.80. The molecule has 0 atom stereocenters. The maximum atomic E-state index is 9.80. The molecule has 0 aliphatic rings. The minimum Gasteiger partial charge on any atom is -0.504 e. The lowest BCUT2D eigenvalue weighted by atomic mass is 10.2. The minimum atomic E-state index is 0.176. The van der Waals surface area contributed by atoms with E-state index in [2.05, 4.69) is 27.9 Å². The fourth-order valence-corrected chi connectivity index (χ4v) is 2.64. The summed E-state index contributed by atoms with van der Waals surface area (Å²) in [5, 5.41) is 13.8. The third-order valence-corrected chi connectivity index (χ3v) is 4.21. The van der Waals surface area contributed by atoms with Crippen LogP contribution in [0.25, 0.3) is 0 Å². The predicted molar refractivity (Wildman–Crippen MR) is 90.9 cm³/mol. The Labute approximate surface area is 137 Å². The molecule has 0 fully saturated rings. The molecule has 0 spiro atoms. The van der Waals surface area contributed by atoms with E-state index < -0.39 is 0 Å². The second-order valence-corrected chi connectivity index (χ2v) is 6.02. The van der Waals surface area contributed by atoms with Crippen LogP contribution >= 0.6 is 34.2 Å². The van der Waals surface area contributed by atoms with E-state index in [1.165, 1.54) is 0 Å². The van der Waals surface area contributed by atoms with Crippen molar-refractivity contribution in [2.75, 3.05) is 12.4 Å². The van der Waals surface area contributed by atoms with Crippen molar-refractivity contribution in [2.45, 2.75) is 13.5 Å². The van der Waals surface area contributed by atoms with Crippen LogP contribution in [0.5, 0.6) is 11.5 Å². The Morgan fingerprint density at radius 2 is 2.05 bits per heavy atom. The minimum absolute atomic E-state index is 0.176. The quantitative estimate of drug-likeness (QED) is 0.734. The Morgan fingerprint density at radius 1 is 1.30 bits per heavy atom. The van der Waals surface area contributed by atoms with Crippen LogP contribution in [0.2, 0.25) is 5.02 Å². The second-order valence-electron chi connectivity index (χ2n) is 4.45. The molecule has 20 heavy (non-hydrogen) atoms. The number of nitrogens with one attached hydrogen (secondary N) is 1. The summed E-state index contributed by atoms with van der Waals surface area (Å²) in [4.78, 5) is 0. The molecule has 5 heteroatoms. The number of anilines is 1. The van der Waals surface area contributed by atoms with Gasteiger partial charge in [-0.05, 0) is 64.9 Å². The van der Waals surface area contributed by atoms with Gasteiger partial charge in [-0.25, -0.2) is 0 Å². The summed E-state index contributed by atoms with van der Waals surface area (Å²) in [6, 6.07) is 9.61. The fraction of sp³-hybridized carbons (Fsp3) is 0.200. The zero-order chi connectivity index (χ0) is 14.7. The Bertz CT molecular complexity index is 632. The number of aromatic hydroxyl groups is 1. The predicted octanol–water partition coefficient (Wildman–Crippen LogP) is 4.58. The number of hydrogen-bond acceptors (Lipinski definition) is 3. The normalized spacial score (nSPS) is 10.4. The highest BCUT2D eigenvalue weighted by molar-refractivity contribution is 14.1. The van der Waals surface area contributed by atoms with Gasteiger partial charge in [-0.3, -0.25) is 0 Å². The van der Waals surface area contributed by atoms with Crippen LogP contribution < -0.4 is 10.1 Å². The largest absolute Gasteiger partial charge is 0.504 e. The molecule has 0 radical (unpaired) electrons. The van der Waals surface area contributed by atoms with Crippen LogP contribution in [-0.2, 0) is 6.54 Å². The molecule has 2 aromatic carbocycles. The van der Waals surface area contributed by atoms with Gasteiger partial charge in [-0.1, -0.05) is 17.7 Å². The molecular weight excluding hydrogens is 389 g/mol. The zero-order valence-electron chi connectivity index (χ0n) is 11.2. The monoisotopic (exact) mass is 403 g/mol. The molecule has 0 amide bonds. The molecule has 2 aromatic rings. The van der Waals surface area contributed by atoms with Gasteiger partial charge in [0.25, 0.3) is 0 Å². The van der Waals surface area contributed by atoms with Crippen LogP contribution in [0, 0.1) is 10.5 Å². The molecule has 0 heterocycles. The van der Waals surface area contributed by atoms with Crippen LogP contribution in [-0.4, -0.2) is 12.2 Å². The summed E-state index contributed by atoms with van der Waals surface area (Å²) in [5.74, 6) is 0.658. The number of halogens is 2. The smallest absolute Gasteiger partial charge is 0.171 e. The Hall–Kier alpha value is -1.14. The third-order valence-electron chi connectivity index (χ3n) is 2.98. The van der Waals surface area contributed by atoms with E-state index in [1.54, 1.807) is 7.11 Å². The van der Waals surface area contributed by atoms with Crippen molar-refractivity contribution in [3.63, 3.8) is 0 Å². The molecule has 0 bridgehead atoms. The van der Waals surface area contributed by atoms with Crippen LogP contribution in [0.1, 0.15) is 11.1 Å². The molecule has 0 aromatic heterocycles. The lowest BCUT2D eigenvalue weighted by molar-refractivity contribution is 0.371. The van der Waals surface area contributed by atoms with Gasteiger partial charge in [0.2, 0.25) is 0 Å². The highest BCUT2D eigenvalue weighted by Gasteiger charge is 2.08. The number of phenols is 1. The topological polar surface area (TPSA) is 41.5 Å². The van der Waals surface area contributed by atoms with Gasteiger partial charge >= 0.3 is 0 Å². The molecule has 0 saturated heterocycles. The summed E-state index contributed by atoms with van der Waals surface area (Å²) >= 11 is 8.18. The van der Waals surface area contributed by atoms with Crippen molar-refractivity contribution in [3.8, 4) is 11.5 Å². The Kier molecular flexibility index (Phi) is 4.99. The first-order chi connectivity index (χ1) is 9.51. The van der Waals surface area contributed by atoms with Gasteiger partial charge < -0.3 is 15.2 Å². The summed E-state index contributed by atoms with van der Waals surface area (Å²) < 4.78 is 5.91. The average Bonchev–Trinajstić information content (AvgIpc) is 2.43. The summed E-state index contributed by atoms with van der Waals surface area (Å²) in [6.07, 6.45) is 0. The zero-order valence-corrected chi connectivity index (χ0v) is 14.1. The number of ether oxygens (including phenoxy) is 1. The summed E-state index contributed by atoms with van der Waals surface area (Å²) in [6.45, 7) is 2.60. The lowest BCUT2D eigenvalue weighted by Gasteiger charge is -2.11. The van der Waals surface area contributed by atoms with Gasteiger partial charge in [0, 0.05) is 17.3 Å². The molecule has 2 rings (SSSR count). The molecular formula is C15H15ClINO2. The molecule has 0 unspecified atom stereocenters. The number of methoxy groups -OCH3 is 1. The van der Waals surface area contributed by atoms with Gasteiger partial charge in [-0.15, -0.1) is 0 Å². The van der Waals surface area contributed by atoms with Crippen molar-refractivity contribution in [2.24, 2.45) is 0 Å². The number of benzene rings is 2. The Balaban J connectivity index is 2.14. The van der Waals surface area contributed by atoms with E-state index in [9.17, 15) is 5.11 Å². The number of phenolic OH excluding ortho intramolecular Hbond substituents is 1. The first-order valence-corrected chi connectivity index (χ1v) is 7.52. The van der Waals surface area contributed by atoms with E-state index in [4.69, 9.17) is 16.3 Å². The van der Waals surface area contributed by atoms with Crippen LogP contribution in [0.3, 0.4) is 0 Å². The molecule has 2 N–H and O–H groups in total. The van der Waals surface area contributed by atoms with Gasteiger partial charge in [0.05, 0.1) is 10.7 Å². The highest BCUT2D eigenvalue weighted by atomic mass is 127. The summed E-state index contributed by atoms with van der Waals surface area (Å²) in [5.41, 5.74) is 3.04.